The molecule has 0 fully saturated rings. The van der Waals surface area contributed by atoms with Gasteiger partial charge < -0.3 is 4.57 Å². The molecule has 0 saturated heterocycles. The van der Waals surface area contributed by atoms with Crippen molar-refractivity contribution < 1.29 is 0 Å². The van der Waals surface area contributed by atoms with Gasteiger partial charge in [0, 0.05) is 12.1 Å². The van der Waals surface area contributed by atoms with E-state index in [0.29, 0.717) is 0 Å². The molecule has 0 saturated carbocycles. The molecule has 2 nitrogen and oxygen atoms in total. The molecule has 0 spiro atoms. The van der Waals surface area contributed by atoms with E-state index in [1.807, 2.05) is 0 Å². The third-order valence-corrected chi connectivity index (χ3v) is 4.85. The van der Waals surface area contributed by atoms with Gasteiger partial charge in [0.25, 0.3) is 0 Å². The number of nitrogens with zero attached hydrogens (tertiary/aromatic N) is 2. The summed E-state index contributed by atoms with van der Waals surface area (Å²) in [5.41, 5.74) is 6.15. The van der Waals surface area contributed by atoms with Crippen molar-refractivity contribution in [1.82, 2.24) is 9.55 Å². The van der Waals surface area contributed by atoms with Gasteiger partial charge in [-0.3, -0.25) is 0 Å². The van der Waals surface area contributed by atoms with Crippen LogP contribution in [0.15, 0.2) is 78.9 Å². The van der Waals surface area contributed by atoms with Crippen LogP contribution in [0, 0.1) is 0 Å². The van der Waals surface area contributed by atoms with Gasteiger partial charge >= 0.3 is 0 Å². The second-order valence-corrected chi connectivity index (χ2v) is 7.82. The van der Waals surface area contributed by atoms with Gasteiger partial charge in [-0.2, -0.15) is 0 Å². The van der Waals surface area contributed by atoms with E-state index in [9.17, 15) is 0 Å². The first-order valence-electron chi connectivity index (χ1n) is 9.12. The third-order valence-electron chi connectivity index (χ3n) is 4.85. The lowest BCUT2D eigenvalue weighted by atomic mass is 9.87. The highest BCUT2D eigenvalue weighted by Gasteiger charge is 2.16. The fourth-order valence-corrected chi connectivity index (χ4v) is 3.34. The number of imidazole rings is 1. The molecular weight excluding hydrogens is 316 g/mol. The van der Waals surface area contributed by atoms with Crippen molar-refractivity contribution in [2.75, 3.05) is 0 Å². The van der Waals surface area contributed by atoms with Crippen molar-refractivity contribution in [1.29, 1.82) is 0 Å². The molecule has 0 unspecified atom stereocenters. The number of para-hydroxylation sites is 2. The van der Waals surface area contributed by atoms with Crippen molar-refractivity contribution in [3.63, 3.8) is 0 Å². The van der Waals surface area contributed by atoms with Crippen molar-refractivity contribution in [3.05, 3.63) is 90.0 Å². The van der Waals surface area contributed by atoms with Gasteiger partial charge in [-0.05, 0) is 28.7 Å². The van der Waals surface area contributed by atoms with Crippen LogP contribution in [-0.2, 0) is 12.0 Å². The lowest BCUT2D eigenvalue weighted by Crippen LogP contribution is -2.10. The Morgan fingerprint density at radius 1 is 0.769 bits per heavy atom. The quantitative estimate of drug-likeness (QED) is 0.444. The monoisotopic (exact) mass is 340 g/mol. The zero-order chi connectivity index (χ0) is 18.1. The summed E-state index contributed by atoms with van der Waals surface area (Å²) in [6, 6.07) is 27.8. The minimum Gasteiger partial charge on any atom is -0.319 e. The van der Waals surface area contributed by atoms with Gasteiger partial charge in [-0.1, -0.05) is 87.5 Å². The lowest BCUT2D eigenvalue weighted by Gasteiger charge is -2.19. The van der Waals surface area contributed by atoms with Crippen LogP contribution in [0.2, 0.25) is 0 Å². The SMILES string of the molecule is CC(C)(C)c1ccc(-c2nc3ccccc3n2Cc2ccccc2)cc1. The van der Waals surface area contributed by atoms with Crippen molar-refractivity contribution in [3.8, 4) is 11.4 Å². The van der Waals surface area contributed by atoms with Crippen LogP contribution in [0.25, 0.3) is 22.4 Å². The maximum atomic E-state index is 4.93. The number of rotatable bonds is 3. The molecule has 26 heavy (non-hydrogen) atoms. The van der Waals surface area contributed by atoms with Gasteiger partial charge in [0.1, 0.15) is 5.82 Å². The Morgan fingerprint density at radius 3 is 2.12 bits per heavy atom. The first-order chi connectivity index (χ1) is 12.5. The van der Waals surface area contributed by atoms with E-state index in [1.165, 1.54) is 16.6 Å². The minimum atomic E-state index is 0.155. The standard InChI is InChI=1S/C24H24N2/c1-24(2,3)20-15-13-19(14-16-20)23-25-21-11-7-8-12-22(21)26(23)17-18-9-5-4-6-10-18/h4-16H,17H2,1-3H3. The van der Waals surface area contributed by atoms with Crippen LogP contribution in [0.1, 0.15) is 31.9 Å². The third kappa shape index (κ3) is 3.15. The molecule has 1 heterocycles. The number of hydrogen-bond donors (Lipinski definition) is 0. The Morgan fingerprint density at radius 2 is 1.42 bits per heavy atom. The Balaban J connectivity index is 1.83. The van der Waals surface area contributed by atoms with E-state index in [0.717, 1.165) is 23.4 Å². The van der Waals surface area contributed by atoms with Gasteiger partial charge in [-0.15, -0.1) is 0 Å². The molecule has 2 heteroatoms. The zero-order valence-corrected chi connectivity index (χ0v) is 15.6. The van der Waals surface area contributed by atoms with Crippen LogP contribution in [0.5, 0.6) is 0 Å². The van der Waals surface area contributed by atoms with Crippen LogP contribution in [-0.4, -0.2) is 9.55 Å². The van der Waals surface area contributed by atoms with Gasteiger partial charge in [-0.25, -0.2) is 4.98 Å². The molecule has 0 radical (unpaired) electrons. The maximum absolute atomic E-state index is 4.93. The largest absolute Gasteiger partial charge is 0.319 e. The van der Waals surface area contributed by atoms with E-state index in [1.54, 1.807) is 0 Å². The fraction of sp³-hybridized carbons (Fsp3) is 0.208. The fourth-order valence-electron chi connectivity index (χ4n) is 3.34. The average Bonchev–Trinajstić information content (AvgIpc) is 3.01. The van der Waals surface area contributed by atoms with Crippen molar-refractivity contribution >= 4 is 11.0 Å². The summed E-state index contributed by atoms with van der Waals surface area (Å²) < 4.78 is 2.32. The van der Waals surface area contributed by atoms with E-state index in [2.05, 4.69) is 104 Å². The predicted octanol–water partition coefficient (Wildman–Crippen LogP) is 6.05. The molecule has 0 amide bonds. The summed E-state index contributed by atoms with van der Waals surface area (Å²) >= 11 is 0. The van der Waals surface area contributed by atoms with E-state index < -0.39 is 0 Å². The van der Waals surface area contributed by atoms with Crippen molar-refractivity contribution in [2.45, 2.75) is 32.7 Å². The lowest BCUT2D eigenvalue weighted by molar-refractivity contribution is 0.590. The average molecular weight is 340 g/mol. The Hall–Kier alpha value is -2.87. The molecule has 0 aliphatic rings. The molecule has 0 aliphatic carbocycles. The van der Waals surface area contributed by atoms with E-state index in [4.69, 9.17) is 4.98 Å². The molecule has 0 aliphatic heterocycles. The normalized spacial score (nSPS) is 11.8. The van der Waals surface area contributed by atoms with Gasteiger partial charge in [0.15, 0.2) is 0 Å². The summed E-state index contributed by atoms with van der Waals surface area (Å²) in [4.78, 5) is 4.93. The zero-order valence-electron chi connectivity index (χ0n) is 15.6. The van der Waals surface area contributed by atoms with E-state index >= 15 is 0 Å². The molecular formula is C24H24N2. The summed E-state index contributed by atoms with van der Waals surface area (Å²) in [5, 5.41) is 0. The topological polar surface area (TPSA) is 17.8 Å². The molecule has 4 aromatic rings. The molecule has 130 valence electrons. The first-order valence-corrected chi connectivity index (χ1v) is 9.12. The number of fused-ring (bicyclic) bond motifs is 1. The Bertz CT molecular complexity index is 1020. The van der Waals surface area contributed by atoms with Gasteiger partial charge in [0.05, 0.1) is 11.0 Å². The molecule has 4 rings (SSSR count). The smallest absolute Gasteiger partial charge is 0.141 e. The van der Waals surface area contributed by atoms with Gasteiger partial charge in [0.2, 0.25) is 0 Å². The minimum absolute atomic E-state index is 0.155. The summed E-state index contributed by atoms with van der Waals surface area (Å²) in [6.07, 6.45) is 0. The first kappa shape index (κ1) is 16.6. The molecule has 0 atom stereocenters. The molecule has 3 aromatic carbocycles. The second-order valence-electron chi connectivity index (χ2n) is 7.82. The summed E-state index contributed by atoms with van der Waals surface area (Å²) in [7, 11) is 0. The molecule has 1 aromatic heterocycles. The Labute approximate surface area is 155 Å². The molecule has 0 N–H and O–H groups in total. The number of aromatic nitrogens is 2. The number of benzene rings is 3. The molecule has 0 bridgehead atoms. The number of hydrogen-bond acceptors (Lipinski definition) is 1. The Kier molecular flexibility index (Phi) is 4.12. The van der Waals surface area contributed by atoms with Crippen LogP contribution < -0.4 is 0 Å². The van der Waals surface area contributed by atoms with Crippen LogP contribution in [0.4, 0.5) is 0 Å². The second kappa shape index (κ2) is 6.45. The predicted molar refractivity (Wildman–Crippen MR) is 109 cm³/mol. The highest BCUT2D eigenvalue weighted by atomic mass is 15.1. The summed E-state index contributed by atoms with van der Waals surface area (Å²) in [6.45, 7) is 7.55. The highest BCUT2D eigenvalue weighted by molar-refractivity contribution is 5.80. The van der Waals surface area contributed by atoms with Crippen LogP contribution in [0.3, 0.4) is 0 Å². The van der Waals surface area contributed by atoms with Crippen molar-refractivity contribution in [2.24, 2.45) is 0 Å². The van der Waals surface area contributed by atoms with E-state index in [-0.39, 0.29) is 5.41 Å². The maximum Gasteiger partial charge on any atom is 0.141 e. The summed E-state index contributed by atoms with van der Waals surface area (Å²) in [5.74, 6) is 1.02. The van der Waals surface area contributed by atoms with Crippen LogP contribution >= 0.6 is 0 Å². The highest BCUT2D eigenvalue weighted by Crippen LogP contribution is 2.29.